The number of nitrogens with zero attached hydrogens (tertiary/aromatic N) is 2. The SMILES string of the molecule is CCc1cc(CNC(=NC)NCCCOCC2CC2)on1.I. The molecule has 0 saturated heterocycles. The molecule has 6 nitrogen and oxygen atoms in total. The Morgan fingerprint density at radius 1 is 1.45 bits per heavy atom. The molecule has 0 amide bonds. The van der Waals surface area contributed by atoms with E-state index in [1.54, 1.807) is 7.05 Å². The fourth-order valence-corrected chi connectivity index (χ4v) is 1.91. The molecule has 0 bridgehead atoms. The van der Waals surface area contributed by atoms with Gasteiger partial charge in [-0.25, -0.2) is 0 Å². The van der Waals surface area contributed by atoms with Crippen LogP contribution in [0.1, 0.15) is 37.6 Å². The van der Waals surface area contributed by atoms with Gasteiger partial charge in [0.15, 0.2) is 11.7 Å². The molecule has 1 aromatic rings. The molecule has 1 heterocycles. The highest BCUT2D eigenvalue weighted by atomic mass is 127. The molecule has 1 saturated carbocycles. The van der Waals surface area contributed by atoms with E-state index in [0.717, 1.165) is 55.9 Å². The lowest BCUT2D eigenvalue weighted by Crippen LogP contribution is -2.37. The van der Waals surface area contributed by atoms with Gasteiger partial charge in [0.25, 0.3) is 0 Å². The molecule has 0 unspecified atom stereocenters. The van der Waals surface area contributed by atoms with Crippen molar-refractivity contribution in [3.8, 4) is 0 Å². The monoisotopic (exact) mass is 422 g/mol. The maximum absolute atomic E-state index is 5.59. The summed E-state index contributed by atoms with van der Waals surface area (Å²) in [7, 11) is 1.76. The minimum absolute atomic E-state index is 0. The van der Waals surface area contributed by atoms with Crippen molar-refractivity contribution in [1.29, 1.82) is 0 Å². The molecule has 2 rings (SSSR count). The van der Waals surface area contributed by atoms with Crippen molar-refractivity contribution in [2.24, 2.45) is 10.9 Å². The van der Waals surface area contributed by atoms with E-state index >= 15 is 0 Å². The first kappa shape index (κ1) is 19.2. The maximum atomic E-state index is 5.59. The molecule has 2 N–H and O–H groups in total. The normalized spacial score (nSPS) is 14.5. The zero-order valence-corrected chi connectivity index (χ0v) is 15.8. The highest BCUT2D eigenvalue weighted by Crippen LogP contribution is 2.28. The lowest BCUT2D eigenvalue weighted by molar-refractivity contribution is 0.123. The molecule has 0 aromatic carbocycles. The number of ether oxygens (including phenoxy) is 1. The number of hydrogen-bond donors (Lipinski definition) is 2. The summed E-state index contributed by atoms with van der Waals surface area (Å²) >= 11 is 0. The van der Waals surface area contributed by atoms with E-state index in [1.807, 2.05) is 6.07 Å². The van der Waals surface area contributed by atoms with Crippen LogP contribution in [0.3, 0.4) is 0 Å². The smallest absolute Gasteiger partial charge is 0.191 e. The first-order valence-electron chi connectivity index (χ1n) is 7.78. The van der Waals surface area contributed by atoms with Crippen LogP contribution >= 0.6 is 24.0 Å². The van der Waals surface area contributed by atoms with Crippen molar-refractivity contribution in [1.82, 2.24) is 15.8 Å². The van der Waals surface area contributed by atoms with Gasteiger partial charge in [-0.05, 0) is 31.6 Å². The molecule has 0 radical (unpaired) electrons. The lowest BCUT2D eigenvalue weighted by atomic mass is 10.3. The fourth-order valence-electron chi connectivity index (χ4n) is 1.91. The summed E-state index contributed by atoms with van der Waals surface area (Å²) in [5, 5.41) is 10.4. The van der Waals surface area contributed by atoms with Gasteiger partial charge >= 0.3 is 0 Å². The van der Waals surface area contributed by atoms with Crippen molar-refractivity contribution >= 4 is 29.9 Å². The standard InChI is InChI=1S/C15H26N4O2.HI/c1-3-13-9-14(21-19-13)10-18-15(16-2)17-7-4-8-20-11-12-5-6-12;/h9,12H,3-8,10-11H2,1-2H3,(H2,16,17,18);1H. The molecule has 22 heavy (non-hydrogen) atoms. The van der Waals surface area contributed by atoms with E-state index < -0.39 is 0 Å². The summed E-state index contributed by atoms with van der Waals surface area (Å²) in [6.07, 6.45) is 4.55. The molecule has 1 aliphatic carbocycles. The van der Waals surface area contributed by atoms with Gasteiger partial charge in [0.1, 0.15) is 0 Å². The molecule has 0 atom stereocenters. The van der Waals surface area contributed by atoms with Crippen molar-refractivity contribution in [3.63, 3.8) is 0 Å². The molecular formula is C15H27IN4O2. The number of aliphatic imine (C=N–C) groups is 1. The van der Waals surface area contributed by atoms with Crippen LogP contribution < -0.4 is 10.6 Å². The Bertz CT molecular complexity index is 447. The van der Waals surface area contributed by atoms with Gasteiger partial charge in [-0.2, -0.15) is 0 Å². The first-order valence-corrected chi connectivity index (χ1v) is 7.78. The maximum Gasteiger partial charge on any atom is 0.191 e. The molecule has 126 valence electrons. The number of guanidine groups is 1. The van der Waals surface area contributed by atoms with Gasteiger partial charge < -0.3 is 19.9 Å². The van der Waals surface area contributed by atoms with Crippen molar-refractivity contribution in [3.05, 3.63) is 17.5 Å². The van der Waals surface area contributed by atoms with Crippen LogP contribution in [0.15, 0.2) is 15.6 Å². The van der Waals surface area contributed by atoms with Crippen molar-refractivity contribution in [2.45, 2.75) is 39.2 Å². The predicted molar refractivity (Wildman–Crippen MR) is 97.7 cm³/mol. The van der Waals surface area contributed by atoms with E-state index in [4.69, 9.17) is 9.26 Å². The zero-order chi connectivity index (χ0) is 14.9. The van der Waals surface area contributed by atoms with Gasteiger partial charge in [0.2, 0.25) is 0 Å². The van der Waals surface area contributed by atoms with Gasteiger partial charge in [-0.3, -0.25) is 4.99 Å². The molecule has 7 heteroatoms. The van der Waals surface area contributed by atoms with Crippen LogP contribution in [0.4, 0.5) is 0 Å². The van der Waals surface area contributed by atoms with Crippen LogP contribution in [-0.2, 0) is 17.7 Å². The molecule has 0 aliphatic heterocycles. The summed E-state index contributed by atoms with van der Waals surface area (Å²) in [4.78, 5) is 4.18. The first-order chi connectivity index (χ1) is 10.3. The average Bonchev–Trinajstić information content (AvgIpc) is 3.22. The summed E-state index contributed by atoms with van der Waals surface area (Å²) in [6.45, 7) is 5.23. The summed E-state index contributed by atoms with van der Waals surface area (Å²) < 4.78 is 10.8. The Morgan fingerprint density at radius 2 is 2.27 bits per heavy atom. The second kappa shape index (κ2) is 10.8. The highest BCUT2D eigenvalue weighted by molar-refractivity contribution is 14.0. The number of rotatable bonds is 9. The zero-order valence-electron chi connectivity index (χ0n) is 13.4. The molecule has 1 fully saturated rings. The van der Waals surface area contributed by atoms with E-state index in [0.29, 0.717) is 6.54 Å². The van der Waals surface area contributed by atoms with Crippen molar-refractivity contribution < 1.29 is 9.26 Å². The Balaban J connectivity index is 0.00000242. The molecule has 1 aromatic heterocycles. The fraction of sp³-hybridized carbons (Fsp3) is 0.733. The lowest BCUT2D eigenvalue weighted by Gasteiger charge is -2.10. The molecular weight excluding hydrogens is 395 g/mol. The Kier molecular flexibility index (Phi) is 9.45. The minimum atomic E-state index is 0. The third kappa shape index (κ3) is 7.44. The molecule has 1 aliphatic rings. The average molecular weight is 422 g/mol. The highest BCUT2D eigenvalue weighted by Gasteiger charge is 2.20. The number of nitrogens with one attached hydrogen (secondary N) is 2. The quantitative estimate of drug-likeness (QED) is 0.277. The van der Waals surface area contributed by atoms with Crippen LogP contribution in [-0.4, -0.2) is 37.9 Å². The van der Waals surface area contributed by atoms with E-state index in [2.05, 4.69) is 27.7 Å². The van der Waals surface area contributed by atoms with Crippen LogP contribution in [0.2, 0.25) is 0 Å². The van der Waals surface area contributed by atoms with Crippen molar-refractivity contribution in [2.75, 3.05) is 26.8 Å². The number of aromatic nitrogens is 1. The third-order valence-corrected chi connectivity index (χ3v) is 3.43. The number of hydrogen-bond acceptors (Lipinski definition) is 4. The van der Waals surface area contributed by atoms with E-state index in [1.165, 1.54) is 12.8 Å². The largest absolute Gasteiger partial charge is 0.381 e. The number of halogens is 1. The second-order valence-electron chi connectivity index (χ2n) is 5.36. The number of aryl methyl sites for hydroxylation is 1. The van der Waals surface area contributed by atoms with Gasteiger partial charge in [0, 0.05) is 32.9 Å². The van der Waals surface area contributed by atoms with Gasteiger partial charge in [0.05, 0.1) is 12.2 Å². The van der Waals surface area contributed by atoms with Gasteiger partial charge in [-0.15, -0.1) is 24.0 Å². The minimum Gasteiger partial charge on any atom is -0.381 e. The summed E-state index contributed by atoms with van der Waals surface area (Å²) in [6, 6.07) is 1.96. The second-order valence-corrected chi connectivity index (χ2v) is 5.36. The Morgan fingerprint density at radius 3 is 2.91 bits per heavy atom. The summed E-state index contributed by atoms with van der Waals surface area (Å²) in [5.41, 5.74) is 0.975. The molecule has 0 spiro atoms. The van der Waals surface area contributed by atoms with Crippen LogP contribution in [0.5, 0.6) is 0 Å². The van der Waals surface area contributed by atoms with Crippen LogP contribution in [0.25, 0.3) is 0 Å². The van der Waals surface area contributed by atoms with Crippen LogP contribution in [0, 0.1) is 5.92 Å². The van der Waals surface area contributed by atoms with E-state index in [-0.39, 0.29) is 24.0 Å². The third-order valence-electron chi connectivity index (χ3n) is 3.43. The van der Waals surface area contributed by atoms with Gasteiger partial charge in [-0.1, -0.05) is 12.1 Å². The Labute approximate surface area is 149 Å². The Hall–Kier alpha value is -0.830. The topological polar surface area (TPSA) is 71.7 Å². The summed E-state index contributed by atoms with van der Waals surface area (Å²) in [5.74, 6) is 2.43. The predicted octanol–water partition coefficient (Wildman–Crippen LogP) is 2.34. The van der Waals surface area contributed by atoms with E-state index in [9.17, 15) is 0 Å².